The van der Waals surface area contributed by atoms with Gasteiger partial charge in [0.1, 0.15) is 33.3 Å². The molecular formula is C22H22F2N8S. The van der Waals surface area contributed by atoms with Gasteiger partial charge in [-0.05, 0) is 18.6 Å². The molecule has 0 spiro atoms. The number of allylic oxidation sites excluding steroid dienone is 1. The van der Waals surface area contributed by atoms with Gasteiger partial charge in [0.2, 0.25) is 0 Å². The fourth-order valence-corrected chi connectivity index (χ4v) is 4.45. The number of benzene rings is 1. The van der Waals surface area contributed by atoms with E-state index in [-0.39, 0.29) is 18.9 Å². The van der Waals surface area contributed by atoms with Crippen LogP contribution in [0.4, 0.5) is 14.6 Å². The fourth-order valence-electron chi connectivity index (χ4n) is 3.57. The molecular weight excluding hydrogens is 446 g/mol. The molecule has 0 saturated carbocycles. The lowest BCUT2D eigenvalue weighted by atomic mass is 10.2. The van der Waals surface area contributed by atoms with Gasteiger partial charge in [-0.1, -0.05) is 23.5 Å². The number of anilines is 1. The van der Waals surface area contributed by atoms with E-state index in [2.05, 4.69) is 40.5 Å². The highest BCUT2D eigenvalue weighted by atomic mass is 32.1. The summed E-state index contributed by atoms with van der Waals surface area (Å²) in [5.41, 5.74) is 2.74. The highest BCUT2D eigenvalue weighted by Gasteiger charge is 2.18. The van der Waals surface area contributed by atoms with Crippen LogP contribution in [0.15, 0.2) is 47.1 Å². The van der Waals surface area contributed by atoms with Crippen LogP contribution in [0.25, 0.3) is 21.4 Å². The number of alkyl halides is 1. The summed E-state index contributed by atoms with van der Waals surface area (Å²) >= 11 is 1.19. The summed E-state index contributed by atoms with van der Waals surface area (Å²) in [4.78, 5) is 25.3. The first kappa shape index (κ1) is 21.5. The van der Waals surface area contributed by atoms with Gasteiger partial charge in [-0.3, -0.25) is 4.99 Å². The molecule has 0 saturated heterocycles. The van der Waals surface area contributed by atoms with Crippen LogP contribution in [0.1, 0.15) is 29.8 Å². The molecule has 11 heteroatoms. The molecule has 33 heavy (non-hydrogen) atoms. The first-order valence-corrected chi connectivity index (χ1v) is 11.5. The number of imidazole rings is 1. The Bertz CT molecular complexity index is 1300. The van der Waals surface area contributed by atoms with Crippen molar-refractivity contribution in [2.75, 3.05) is 25.0 Å². The Morgan fingerprint density at radius 3 is 2.97 bits per heavy atom. The number of fused-ring (bicyclic) bond motifs is 2. The standard InChI is InChI=1S/C22H22F2N8S/c23-13-4-3-8-26-17(13)11-27-20-19-22(29-12-28-20)33-21(32-19)14(24)10-25-9-7-18-30-15-5-1-2-6-16(15)31-18/h1-2,5-6,8,12,14,25H,3-4,7,9-11H2,(H,30,31)(H,27,28,29)/t14-/m1/s1. The van der Waals surface area contributed by atoms with Crippen molar-refractivity contribution >= 4 is 44.7 Å². The fraction of sp³-hybridized carbons (Fsp3) is 0.318. The average Bonchev–Trinajstić information content (AvgIpc) is 3.45. The van der Waals surface area contributed by atoms with E-state index in [1.54, 1.807) is 6.21 Å². The number of nitrogens with zero attached hydrogens (tertiary/aromatic N) is 5. The summed E-state index contributed by atoms with van der Waals surface area (Å²) < 4.78 is 28.7. The number of rotatable bonds is 9. The van der Waals surface area contributed by atoms with Crippen molar-refractivity contribution in [1.82, 2.24) is 30.2 Å². The monoisotopic (exact) mass is 468 g/mol. The Labute approximate surface area is 192 Å². The smallest absolute Gasteiger partial charge is 0.164 e. The molecule has 1 aliphatic rings. The third-order valence-electron chi connectivity index (χ3n) is 5.26. The summed E-state index contributed by atoms with van der Waals surface area (Å²) in [5, 5.41) is 6.50. The van der Waals surface area contributed by atoms with Crippen LogP contribution < -0.4 is 10.6 Å². The quantitative estimate of drug-likeness (QED) is 0.317. The number of aromatic nitrogens is 5. The third kappa shape index (κ3) is 4.88. The zero-order valence-electron chi connectivity index (χ0n) is 17.7. The summed E-state index contributed by atoms with van der Waals surface area (Å²) in [6, 6.07) is 7.84. The number of aliphatic imine (C=N–C) groups is 1. The predicted octanol–water partition coefficient (Wildman–Crippen LogP) is 4.26. The van der Waals surface area contributed by atoms with Crippen molar-refractivity contribution in [3.63, 3.8) is 0 Å². The van der Waals surface area contributed by atoms with E-state index in [1.165, 1.54) is 17.7 Å². The minimum atomic E-state index is -1.28. The van der Waals surface area contributed by atoms with Crippen molar-refractivity contribution in [3.8, 4) is 0 Å². The molecule has 0 fully saturated rings. The molecule has 170 valence electrons. The summed E-state index contributed by atoms with van der Waals surface area (Å²) in [6.45, 7) is 0.895. The number of hydrogen-bond acceptors (Lipinski definition) is 8. The van der Waals surface area contributed by atoms with Gasteiger partial charge < -0.3 is 15.6 Å². The number of halogens is 2. The number of nitrogens with one attached hydrogen (secondary N) is 3. The van der Waals surface area contributed by atoms with Gasteiger partial charge in [0, 0.05) is 32.1 Å². The summed E-state index contributed by atoms with van der Waals surface area (Å²) in [5.74, 6) is 1.07. The number of hydrogen-bond donors (Lipinski definition) is 3. The molecule has 3 N–H and O–H groups in total. The van der Waals surface area contributed by atoms with Crippen LogP contribution in [0.2, 0.25) is 0 Å². The van der Waals surface area contributed by atoms with E-state index in [1.807, 2.05) is 24.3 Å². The van der Waals surface area contributed by atoms with Crippen LogP contribution >= 0.6 is 11.3 Å². The summed E-state index contributed by atoms with van der Waals surface area (Å²) in [7, 11) is 0. The lowest BCUT2D eigenvalue weighted by Crippen LogP contribution is -2.22. The second-order valence-corrected chi connectivity index (χ2v) is 8.62. The molecule has 3 aromatic heterocycles. The van der Waals surface area contributed by atoms with Crippen molar-refractivity contribution in [3.05, 3.63) is 52.9 Å². The Hall–Kier alpha value is -3.31. The first-order valence-electron chi connectivity index (χ1n) is 10.7. The minimum Gasteiger partial charge on any atom is -0.362 e. The van der Waals surface area contributed by atoms with Gasteiger partial charge in [-0.2, -0.15) is 0 Å². The molecule has 1 atom stereocenters. The van der Waals surface area contributed by atoms with E-state index in [0.29, 0.717) is 52.7 Å². The second kappa shape index (κ2) is 9.67. The van der Waals surface area contributed by atoms with Gasteiger partial charge in [-0.25, -0.2) is 28.7 Å². The third-order valence-corrected chi connectivity index (χ3v) is 6.31. The van der Waals surface area contributed by atoms with Gasteiger partial charge in [0.05, 0.1) is 23.3 Å². The average molecular weight is 469 g/mol. The number of para-hydroxylation sites is 2. The van der Waals surface area contributed by atoms with E-state index < -0.39 is 6.17 Å². The highest BCUT2D eigenvalue weighted by molar-refractivity contribution is 7.18. The maximum Gasteiger partial charge on any atom is 0.164 e. The second-order valence-electron chi connectivity index (χ2n) is 7.61. The Balaban J connectivity index is 1.18. The Morgan fingerprint density at radius 2 is 2.09 bits per heavy atom. The molecule has 0 aliphatic carbocycles. The molecule has 0 bridgehead atoms. The lowest BCUT2D eigenvalue weighted by Gasteiger charge is -2.10. The zero-order chi connectivity index (χ0) is 22.6. The molecule has 0 radical (unpaired) electrons. The van der Waals surface area contributed by atoms with Gasteiger partial charge in [0.25, 0.3) is 0 Å². The van der Waals surface area contributed by atoms with Crippen LogP contribution in [0.5, 0.6) is 0 Å². The molecule has 8 nitrogen and oxygen atoms in total. The molecule has 5 rings (SSSR count). The van der Waals surface area contributed by atoms with Crippen LogP contribution in [0.3, 0.4) is 0 Å². The minimum absolute atomic E-state index is 0.128. The van der Waals surface area contributed by atoms with Gasteiger partial charge in [0.15, 0.2) is 12.0 Å². The van der Waals surface area contributed by atoms with Crippen molar-refractivity contribution in [2.24, 2.45) is 4.99 Å². The van der Waals surface area contributed by atoms with Crippen molar-refractivity contribution < 1.29 is 8.78 Å². The van der Waals surface area contributed by atoms with Gasteiger partial charge >= 0.3 is 0 Å². The van der Waals surface area contributed by atoms with E-state index in [9.17, 15) is 8.78 Å². The highest BCUT2D eigenvalue weighted by Crippen LogP contribution is 2.30. The van der Waals surface area contributed by atoms with E-state index in [0.717, 1.165) is 16.9 Å². The SMILES string of the molecule is FC1=C(CNc2ncnc3sc([C@H](F)CNCCc4nc5ccccc5[nH]4)nc23)N=CCC1. The Kier molecular flexibility index (Phi) is 6.31. The normalized spacial score (nSPS) is 15.0. The largest absolute Gasteiger partial charge is 0.362 e. The molecule has 1 aliphatic heterocycles. The molecule has 4 heterocycles. The maximum atomic E-state index is 14.8. The molecule has 0 unspecified atom stereocenters. The van der Waals surface area contributed by atoms with Crippen LogP contribution in [0, 0.1) is 0 Å². The van der Waals surface area contributed by atoms with Crippen molar-refractivity contribution in [2.45, 2.75) is 25.4 Å². The van der Waals surface area contributed by atoms with Gasteiger partial charge in [-0.15, -0.1) is 0 Å². The zero-order valence-corrected chi connectivity index (χ0v) is 18.5. The predicted molar refractivity (Wildman–Crippen MR) is 126 cm³/mol. The molecule has 4 aromatic rings. The van der Waals surface area contributed by atoms with Crippen molar-refractivity contribution in [1.29, 1.82) is 0 Å². The summed E-state index contributed by atoms with van der Waals surface area (Å²) in [6.07, 6.45) is 3.43. The number of thiazole rings is 1. The van der Waals surface area contributed by atoms with Crippen LogP contribution in [-0.4, -0.2) is 50.8 Å². The van der Waals surface area contributed by atoms with E-state index in [4.69, 9.17) is 0 Å². The van der Waals surface area contributed by atoms with Crippen LogP contribution in [-0.2, 0) is 6.42 Å². The molecule has 1 aromatic carbocycles. The maximum absolute atomic E-state index is 14.8. The Morgan fingerprint density at radius 1 is 1.18 bits per heavy atom. The first-order chi connectivity index (χ1) is 16.2. The number of H-pyrrole nitrogens is 1. The topological polar surface area (TPSA) is 104 Å². The number of aromatic amines is 1. The molecule has 0 amide bonds. The van der Waals surface area contributed by atoms with E-state index >= 15 is 0 Å². The lowest BCUT2D eigenvalue weighted by molar-refractivity contribution is 0.328.